The molecule has 1 saturated heterocycles. The van der Waals surface area contributed by atoms with Gasteiger partial charge in [0.2, 0.25) is 0 Å². The molecule has 1 N–H and O–H groups in total. The Bertz CT molecular complexity index is 328. The normalized spacial score (nSPS) is 21.5. The second-order valence-corrected chi connectivity index (χ2v) is 4.59. The number of nitrogens with zero attached hydrogens (tertiary/aromatic N) is 1. The van der Waals surface area contributed by atoms with E-state index in [1.165, 1.54) is 0 Å². The Morgan fingerprint density at radius 2 is 1.73 bits per heavy atom. The SMILES string of the molecule is [CH2-]N1CCC(O)(c2ccc(Cl)cc2)CC1. The van der Waals surface area contributed by atoms with Crippen LogP contribution in [-0.2, 0) is 5.60 Å². The second-order valence-electron chi connectivity index (χ2n) is 4.16. The fourth-order valence-electron chi connectivity index (χ4n) is 1.97. The van der Waals surface area contributed by atoms with Crippen LogP contribution in [0.25, 0.3) is 0 Å². The van der Waals surface area contributed by atoms with Crippen LogP contribution in [0.1, 0.15) is 18.4 Å². The molecule has 1 aliphatic heterocycles. The van der Waals surface area contributed by atoms with Gasteiger partial charge < -0.3 is 10.0 Å². The van der Waals surface area contributed by atoms with Crippen LogP contribution in [0.15, 0.2) is 24.3 Å². The lowest BCUT2D eigenvalue weighted by Crippen LogP contribution is -2.39. The van der Waals surface area contributed by atoms with E-state index in [1.54, 1.807) is 0 Å². The van der Waals surface area contributed by atoms with Crippen molar-refractivity contribution in [2.45, 2.75) is 18.4 Å². The zero-order valence-electron chi connectivity index (χ0n) is 8.62. The molecule has 0 radical (unpaired) electrons. The minimum Gasteiger partial charge on any atom is -0.459 e. The highest BCUT2D eigenvalue weighted by molar-refractivity contribution is 6.30. The molecule has 0 aromatic heterocycles. The first kappa shape index (κ1) is 10.9. The summed E-state index contributed by atoms with van der Waals surface area (Å²) >= 11 is 5.82. The van der Waals surface area contributed by atoms with E-state index in [-0.39, 0.29) is 0 Å². The highest BCUT2D eigenvalue weighted by atomic mass is 35.5. The van der Waals surface area contributed by atoms with Crippen molar-refractivity contribution in [3.05, 3.63) is 41.9 Å². The summed E-state index contributed by atoms with van der Waals surface area (Å²) in [6, 6.07) is 7.46. The zero-order valence-corrected chi connectivity index (χ0v) is 9.37. The van der Waals surface area contributed by atoms with E-state index in [4.69, 9.17) is 11.6 Å². The standard InChI is InChI=1S/C12H15ClNO/c1-14-8-6-12(15,7-9-14)10-2-4-11(13)5-3-10/h2-5,15H,1,6-9H2/q-1. The number of aliphatic hydroxyl groups is 1. The summed E-state index contributed by atoms with van der Waals surface area (Å²) < 4.78 is 0. The maximum absolute atomic E-state index is 10.5. The van der Waals surface area contributed by atoms with Gasteiger partial charge >= 0.3 is 0 Å². The van der Waals surface area contributed by atoms with Crippen LogP contribution in [0.3, 0.4) is 0 Å². The summed E-state index contributed by atoms with van der Waals surface area (Å²) in [7, 11) is 3.87. The largest absolute Gasteiger partial charge is 0.459 e. The average Bonchev–Trinajstić information content (AvgIpc) is 2.24. The molecule has 0 aliphatic carbocycles. The van der Waals surface area contributed by atoms with Gasteiger partial charge in [-0.15, -0.1) is 0 Å². The van der Waals surface area contributed by atoms with Gasteiger partial charge in [-0.3, -0.25) is 7.05 Å². The first-order valence-corrected chi connectivity index (χ1v) is 5.52. The van der Waals surface area contributed by atoms with Gasteiger partial charge in [-0.25, -0.2) is 0 Å². The Morgan fingerprint density at radius 3 is 2.27 bits per heavy atom. The molecule has 0 spiro atoms. The van der Waals surface area contributed by atoms with Gasteiger partial charge in [0.15, 0.2) is 0 Å². The molecule has 0 bridgehead atoms. The number of halogens is 1. The lowest BCUT2D eigenvalue weighted by Gasteiger charge is -2.40. The minimum absolute atomic E-state index is 0.696. The fourth-order valence-corrected chi connectivity index (χ4v) is 2.10. The molecule has 82 valence electrons. The van der Waals surface area contributed by atoms with E-state index in [0.717, 1.165) is 31.5 Å². The van der Waals surface area contributed by atoms with Crippen molar-refractivity contribution in [1.29, 1.82) is 0 Å². The van der Waals surface area contributed by atoms with Crippen LogP contribution in [0.2, 0.25) is 5.02 Å². The number of hydrogen-bond acceptors (Lipinski definition) is 2. The van der Waals surface area contributed by atoms with Gasteiger partial charge in [-0.2, -0.15) is 0 Å². The van der Waals surface area contributed by atoms with E-state index in [0.29, 0.717) is 5.02 Å². The van der Waals surface area contributed by atoms with Gasteiger partial charge in [0.05, 0.1) is 5.60 Å². The molecule has 1 aromatic carbocycles. The number of likely N-dealkylation sites (tertiary alicyclic amines) is 1. The number of hydrogen-bond donors (Lipinski definition) is 1. The minimum atomic E-state index is -0.696. The zero-order chi connectivity index (χ0) is 10.9. The topological polar surface area (TPSA) is 23.5 Å². The summed E-state index contributed by atoms with van der Waals surface area (Å²) in [5.41, 5.74) is 0.263. The maximum Gasteiger partial charge on any atom is 0.0919 e. The quantitative estimate of drug-likeness (QED) is 0.741. The van der Waals surface area contributed by atoms with E-state index in [9.17, 15) is 5.11 Å². The molecule has 15 heavy (non-hydrogen) atoms. The average molecular weight is 225 g/mol. The van der Waals surface area contributed by atoms with Crippen molar-refractivity contribution >= 4 is 11.6 Å². The number of benzene rings is 1. The van der Waals surface area contributed by atoms with E-state index >= 15 is 0 Å². The van der Waals surface area contributed by atoms with Crippen LogP contribution in [0.5, 0.6) is 0 Å². The Balaban J connectivity index is 2.18. The van der Waals surface area contributed by atoms with E-state index in [2.05, 4.69) is 7.05 Å². The molecule has 2 nitrogen and oxygen atoms in total. The number of rotatable bonds is 1. The van der Waals surface area contributed by atoms with Gasteiger partial charge in [-0.05, 0) is 43.6 Å². The molecule has 0 atom stereocenters. The van der Waals surface area contributed by atoms with Crippen LogP contribution in [-0.4, -0.2) is 23.1 Å². The first-order valence-electron chi connectivity index (χ1n) is 5.14. The molecule has 0 saturated carbocycles. The summed E-state index contributed by atoms with van der Waals surface area (Å²) in [4.78, 5) is 1.99. The summed E-state index contributed by atoms with van der Waals surface area (Å²) in [5, 5.41) is 11.2. The molecule has 3 heteroatoms. The molecular weight excluding hydrogens is 210 g/mol. The van der Waals surface area contributed by atoms with Crippen molar-refractivity contribution in [2.24, 2.45) is 0 Å². The first-order chi connectivity index (χ1) is 7.10. The lowest BCUT2D eigenvalue weighted by molar-refractivity contribution is -0.0167. The lowest BCUT2D eigenvalue weighted by atomic mass is 9.85. The highest BCUT2D eigenvalue weighted by Crippen LogP contribution is 2.32. The second kappa shape index (κ2) is 4.12. The molecule has 1 aromatic rings. The van der Waals surface area contributed by atoms with Crippen molar-refractivity contribution in [1.82, 2.24) is 4.90 Å². The van der Waals surface area contributed by atoms with Crippen LogP contribution >= 0.6 is 11.6 Å². The van der Waals surface area contributed by atoms with E-state index < -0.39 is 5.60 Å². The summed E-state index contributed by atoms with van der Waals surface area (Å²) in [6.45, 7) is 1.66. The predicted molar refractivity (Wildman–Crippen MR) is 61.5 cm³/mol. The van der Waals surface area contributed by atoms with Crippen molar-refractivity contribution in [2.75, 3.05) is 13.1 Å². The smallest absolute Gasteiger partial charge is 0.0919 e. The molecule has 1 heterocycles. The molecular formula is C12H15ClNO-. The molecule has 0 unspecified atom stereocenters. The molecule has 0 amide bonds. The van der Waals surface area contributed by atoms with Crippen molar-refractivity contribution in [3.63, 3.8) is 0 Å². The Morgan fingerprint density at radius 1 is 1.20 bits per heavy atom. The fraction of sp³-hybridized carbons (Fsp3) is 0.417. The molecule has 1 aliphatic rings. The molecule has 1 fully saturated rings. The van der Waals surface area contributed by atoms with Gasteiger partial charge in [0, 0.05) is 5.02 Å². The van der Waals surface area contributed by atoms with E-state index in [1.807, 2.05) is 29.2 Å². The van der Waals surface area contributed by atoms with Crippen molar-refractivity contribution < 1.29 is 5.11 Å². The Hall–Kier alpha value is -0.570. The Kier molecular flexibility index (Phi) is 3.01. The molecule has 2 rings (SSSR count). The maximum atomic E-state index is 10.5. The summed E-state index contributed by atoms with van der Waals surface area (Å²) in [5.74, 6) is 0. The van der Waals surface area contributed by atoms with Gasteiger partial charge in [0.25, 0.3) is 0 Å². The predicted octanol–water partition coefficient (Wildman–Crippen LogP) is 2.41. The third-order valence-corrected chi connectivity index (χ3v) is 3.32. The third kappa shape index (κ3) is 2.33. The Labute approximate surface area is 95.5 Å². The monoisotopic (exact) mass is 224 g/mol. The van der Waals surface area contributed by atoms with Crippen LogP contribution in [0.4, 0.5) is 0 Å². The van der Waals surface area contributed by atoms with Crippen molar-refractivity contribution in [3.8, 4) is 0 Å². The van der Waals surface area contributed by atoms with Gasteiger partial charge in [0.1, 0.15) is 0 Å². The summed E-state index contributed by atoms with van der Waals surface area (Å²) in [6.07, 6.45) is 1.47. The third-order valence-electron chi connectivity index (χ3n) is 3.06. The van der Waals surface area contributed by atoms with Gasteiger partial charge in [-0.1, -0.05) is 23.7 Å². The van der Waals surface area contributed by atoms with Crippen LogP contribution in [0, 0.1) is 7.05 Å². The number of piperidine rings is 1. The van der Waals surface area contributed by atoms with Crippen LogP contribution < -0.4 is 0 Å². The highest BCUT2D eigenvalue weighted by Gasteiger charge is 2.31.